The second-order valence-electron chi connectivity index (χ2n) is 6.00. The highest BCUT2D eigenvalue weighted by Gasteiger charge is 2.30. The van der Waals surface area contributed by atoms with Gasteiger partial charge in [0.05, 0.1) is 0 Å². The van der Waals surface area contributed by atoms with Crippen LogP contribution < -0.4 is 5.32 Å². The predicted molar refractivity (Wildman–Crippen MR) is 89.3 cm³/mol. The van der Waals surface area contributed by atoms with E-state index in [4.69, 9.17) is 0 Å². The van der Waals surface area contributed by atoms with E-state index in [9.17, 15) is 0 Å². The number of rotatable bonds is 3. The summed E-state index contributed by atoms with van der Waals surface area (Å²) < 4.78 is 2.30. The molecule has 4 atom stereocenters. The molecule has 1 fully saturated rings. The Labute approximate surface area is 133 Å². The second-order valence-corrected chi connectivity index (χ2v) is 7.83. The van der Waals surface area contributed by atoms with Crippen LogP contribution in [0, 0.1) is 17.8 Å². The summed E-state index contributed by atoms with van der Waals surface area (Å²) in [5, 5.41) is 3.54. The third-order valence-corrected chi connectivity index (χ3v) is 5.58. The van der Waals surface area contributed by atoms with Crippen molar-refractivity contribution in [1.29, 1.82) is 0 Å². The maximum absolute atomic E-state index is 3.60. The van der Waals surface area contributed by atoms with E-state index < -0.39 is 0 Å². The summed E-state index contributed by atoms with van der Waals surface area (Å²) in [6, 6.07) is 7.05. The van der Waals surface area contributed by atoms with Crippen molar-refractivity contribution in [3.05, 3.63) is 32.7 Å². The molecule has 19 heavy (non-hydrogen) atoms. The number of hydrogen-bond acceptors (Lipinski definition) is 1. The molecule has 4 unspecified atom stereocenters. The Morgan fingerprint density at radius 3 is 2.21 bits per heavy atom. The van der Waals surface area contributed by atoms with Crippen molar-refractivity contribution in [2.24, 2.45) is 17.8 Å². The van der Waals surface area contributed by atoms with Crippen molar-refractivity contribution in [1.82, 2.24) is 5.32 Å². The molecule has 106 valence electrons. The fourth-order valence-corrected chi connectivity index (χ4v) is 4.65. The molecule has 0 aromatic heterocycles. The predicted octanol–water partition coefficient (Wildman–Crippen LogP) is 5.54. The highest BCUT2D eigenvalue weighted by molar-refractivity contribution is 9.11. The highest BCUT2D eigenvalue weighted by Crippen LogP contribution is 2.40. The van der Waals surface area contributed by atoms with E-state index in [0.717, 1.165) is 26.7 Å². The minimum Gasteiger partial charge on any atom is -0.313 e. The zero-order valence-corrected chi connectivity index (χ0v) is 15.1. The molecular formula is C16H23Br2N. The molecule has 1 aliphatic rings. The lowest BCUT2D eigenvalue weighted by molar-refractivity contribution is 0.174. The lowest BCUT2D eigenvalue weighted by Gasteiger charge is -2.37. The van der Waals surface area contributed by atoms with Gasteiger partial charge in [0.1, 0.15) is 0 Å². The van der Waals surface area contributed by atoms with Crippen LogP contribution >= 0.6 is 31.9 Å². The molecule has 1 aromatic carbocycles. The van der Waals surface area contributed by atoms with Gasteiger partial charge in [-0.1, -0.05) is 52.1 Å². The normalized spacial score (nSPS) is 29.2. The summed E-state index contributed by atoms with van der Waals surface area (Å²) in [4.78, 5) is 0. The van der Waals surface area contributed by atoms with Gasteiger partial charge in [0.2, 0.25) is 0 Å². The topological polar surface area (TPSA) is 12.0 Å². The van der Waals surface area contributed by atoms with Gasteiger partial charge in [0, 0.05) is 15.0 Å². The maximum atomic E-state index is 3.60. The standard InChI is InChI=1S/C16H23Br2N/c1-10-4-5-12(6-11(10)2)16(19-3)13-7-14(17)9-15(18)8-13/h7-12,16,19H,4-6H2,1-3H3. The van der Waals surface area contributed by atoms with Crippen molar-refractivity contribution < 1.29 is 0 Å². The van der Waals surface area contributed by atoms with Crippen LogP contribution in [0.4, 0.5) is 0 Å². The molecule has 2 rings (SSSR count). The second kappa shape index (κ2) is 6.73. The SMILES string of the molecule is CNC(c1cc(Br)cc(Br)c1)C1CCC(C)C(C)C1. The van der Waals surface area contributed by atoms with Crippen LogP contribution in [0.25, 0.3) is 0 Å². The highest BCUT2D eigenvalue weighted by atomic mass is 79.9. The van der Waals surface area contributed by atoms with Gasteiger partial charge < -0.3 is 5.32 Å². The summed E-state index contributed by atoms with van der Waals surface area (Å²) in [6.45, 7) is 4.80. The Balaban J connectivity index is 2.19. The summed E-state index contributed by atoms with van der Waals surface area (Å²) in [5.74, 6) is 2.46. The largest absolute Gasteiger partial charge is 0.313 e. The van der Waals surface area contributed by atoms with Gasteiger partial charge in [-0.05, 0) is 61.4 Å². The average molecular weight is 389 g/mol. The molecule has 0 aliphatic heterocycles. The van der Waals surface area contributed by atoms with E-state index in [2.05, 4.69) is 76.3 Å². The molecule has 1 N–H and O–H groups in total. The van der Waals surface area contributed by atoms with Gasteiger partial charge in [-0.25, -0.2) is 0 Å². The molecule has 1 aliphatic carbocycles. The van der Waals surface area contributed by atoms with E-state index in [1.165, 1.54) is 24.8 Å². The molecule has 0 heterocycles. The van der Waals surface area contributed by atoms with E-state index in [-0.39, 0.29) is 0 Å². The molecule has 1 nitrogen and oxygen atoms in total. The first-order valence-corrected chi connectivity index (χ1v) is 8.73. The van der Waals surface area contributed by atoms with Gasteiger partial charge in [0.15, 0.2) is 0 Å². The van der Waals surface area contributed by atoms with Crippen molar-refractivity contribution >= 4 is 31.9 Å². The first-order valence-electron chi connectivity index (χ1n) is 7.14. The molecule has 0 bridgehead atoms. The average Bonchev–Trinajstić information content (AvgIpc) is 2.33. The first-order chi connectivity index (χ1) is 9.01. The van der Waals surface area contributed by atoms with Crippen LogP contribution in [0.15, 0.2) is 27.1 Å². The molecule has 0 saturated heterocycles. The molecule has 0 spiro atoms. The Morgan fingerprint density at radius 2 is 1.68 bits per heavy atom. The van der Waals surface area contributed by atoms with E-state index in [1.54, 1.807) is 0 Å². The Hall–Kier alpha value is 0.140. The lowest BCUT2D eigenvalue weighted by atomic mass is 9.72. The van der Waals surface area contributed by atoms with Crippen molar-refractivity contribution in [3.8, 4) is 0 Å². The van der Waals surface area contributed by atoms with Crippen LogP contribution in [0.2, 0.25) is 0 Å². The van der Waals surface area contributed by atoms with Gasteiger partial charge in [-0.3, -0.25) is 0 Å². The van der Waals surface area contributed by atoms with Gasteiger partial charge in [0.25, 0.3) is 0 Å². The third kappa shape index (κ3) is 3.83. The maximum Gasteiger partial charge on any atom is 0.0347 e. The van der Waals surface area contributed by atoms with E-state index in [0.29, 0.717) is 6.04 Å². The van der Waals surface area contributed by atoms with E-state index in [1.807, 2.05) is 0 Å². The van der Waals surface area contributed by atoms with Gasteiger partial charge in [-0.15, -0.1) is 0 Å². The molecule has 0 amide bonds. The quantitative estimate of drug-likeness (QED) is 0.716. The van der Waals surface area contributed by atoms with Gasteiger partial charge in [-0.2, -0.15) is 0 Å². The number of nitrogens with one attached hydrogen (secondary N) is 1. The van der Waals surface area contributed by atoms with Crippen LogP contribution in [0.5, 0.6) is 0 Å². The zero-order valence-electron chi connectivity index (χ0n) is 11.9. The minimum absolute atomic E-state index is 0.462. The number of halogens is 2. The fourth-order valence-electron chi connectivity index (χ4n) is 3.32. The van der Waals surface area contributed by atoms with Crippen molar-refractivity contribution in [3.63, 3.8) is 0 Å². The van der Waals surface area contributed by atoms with Crippen molar-refractivity contribution in [2.45, 2.75) is 39.2 Å². The van der Waals surface area contributed by atoms with Crippen LogP contribution in [-0.4, -0.2) is 7.05 Å². The summed E-state index contributed by atoms with van der Waals surface area (Å²) in [6.07, 6.45) is 4.02. The molecule has 0 radical (unpaired) electrons. The first kappa shape index (κ1) is 15.5. The third-order valence-electron chi connectivity index (χ3n) is 4.67. The smallest absolute Gasteiger partial charge is 0.0347 e. The number of benzene rings is 1. The Bertz CT molecular complexity index is 413. The minimum atomic E-state index is 0.462. The molecule has 1 aromatic rings. The molecule has 3 heteroatoms. The monoisotopic (exact) mass is 387 g/mol. The Morgan fingerprint density at radius 1 is 1.05 bits per heavy atom. The van der Waals surface area contributed by atoms with Crippen molar-refractivity contribution in [2.75, 3.05) is 7.05 Å². The van der Waals surface area contributed by atoms with Crippen LogP contribution in [0.1, 0.15) is 44.7 Å². The fraction of sp³-hybridized carbons (Fsp3) is 0.625. The summed E-state index contributed by atoms with van der Waals surface area (Å²) in [5.41, 5.74) is 1.38. The Kier molecular flexibility index (Phi) is 5.50. The van der Waals surface area contributed by atoms with E-state index >= 15 is 0 Å². The van der Waals surface area contributed by atoms with Crippen LogP contribution in [0.3, 0.4) is 0 Å². The molecule has 1 saturated carbocycles. The zero-order chi connectivity index (χ0) is 14.0. The summed E-state index contributed by atoms with van der Waals surface area (Å²) >= 11 is 7.20. The van der Waals surface area contributed by atoms with Crippen LogP contribution in [-0.2, 0) is 0 Å². The number of hydrogen-bond donors (Lipinski definition) is 1. The summed E-state index contributed by atoms with van der Waals surface area (Å²) in [7, 11) is 2.09. The molecular weight excluding hydrogens is 366 g/mol. The lowest BCUT2D eigenvalue weighted by Crippen LogP contribution is -2.31. The van der Waals surface area contributed by atoms with Gasteiger partial charge >= 0.3 is 0 Å².